The number of hydrogen-bond acceptors (Lipinski definition) is 4. The van der Waals surface area contributed by atoms with Crippen LogP contribution in [0.1, 0.15) is 23.3 Å². The van der Waals surface area contributed by atoms with Crippen molar-refractivity contribution in [2.24, 2.45) is 0 Å². The zero-order valence-electron chi connectivity index (χ0n) is 11.8. The van der Waals surface area contributed by atoms with Gasteiger partial charge >= 0.3 is 5.97 Å². The molecule has 2 aromatic rings. The molecule has 0 aromatic carbocycles. The molecule has 1 fully saturated rings. The van der Waals surface area contributed by atoms with E-state index in [0.717, 1.165) is 6.07 Å². The first-order valence-corrected chi connectivity index (χ1v) is 6.82. The van der Waals surface area contributed by atoms with E-state index in [0.29, 0.717) is 13.2 Å². The number of hydrogen-bond donors (Lipinski definition) is 1. The maximum Gasteiger partial charge on any atom is 0.346 e. The molecule has 0 radical (unpaired) electrons. The Morgan fingerprint density at radius 3 is 2.86 bits per heavy atom. The van der Waals surface area contributed by atoms with Gasteiger partial charge in [-0.3, -0.25) is 0 Å². The molecular formula is C14H14F2N3O3+. The first-order chi connectivity index (χ1) is 10.6. The van der Waals surface area contributed by atoms with Gasteiger partial charge in [-0.05, 0) is 19.1 Å². The largest absolute Gasteiger partial charge is 0.462 e. The molecule has 3 heterocycles. The Balaban J connectivity index is 2.13. The molecule has 3 rings (SSSR count). The van der Waals surface area contributed by atoms with Gasteiger partial charge in [0.05, 0.1) is 12.8 Å². The van der Waals surface area contributed by atoms with Crippen LogP contribution in [0.3, 0.4) is 0 Å². The second kappa shape index (κ2) is 5.80. The molecule has 22 heavy (non-hydrogen) atoms. The number of aromatic amines is 1. The molecule has 0 atom stereocenters. The molecule has 116 valence electrons. The number of nitrogens with one attached hydrogen (secondary N) is 1. The van der Waals surface area contributed by atoms with Crippen molar-refractivity contribution in [2.75, 3.05) is 19.8 Å². The number of ether oxygens (including phenoxy) is 2. The van der Waals surface area contributed by atoms with E-state index in [1.165, 1.54) is 12.3 Å². The van der Waals surface area contributed by atoms with Crippen LogP contribution in [0, 0.1) is 11.9 Å². The van der Waals surface area contributed by atoms with E-state index in [4.69, 9.17) is 9.47 Å². The van der Waals surface area contributed by atoms with Gasteiger partial charge in [0.15, 0.2) is 5.56 Å². The second-order valence-corrected chi connectivity index (χ2v) is 4.79. The lowest BCUT2D eigenvalue weighted by atomic mass is 10.1. The Kier molecular flexibility index (Phi) is 3.84. The van der Waals surface area contributed by atoms with Crippen molar-refractivity contribution in [1.82, 2.24) is 10.1 Å². The molecular weight excluding hydrogens is 296 g/mol. The van der Waals surface area contributed by atoms with Gasteiger partial charge in [0.1, 0.15) is 18.8 Å². The molecule has 0 saturated carbocycles. The molecule has 1 aliphatic heterocycles. The summed E-state index contributed by atoms with van der Waals surface area (Å²) < 4.78 is 38.8. The standard InChI is InChI=1S/C14H13F2N3O3/c1-2-22-14(20)10-5-17-19(8-6-21-7-8)12(10)9-3-4-11(15)18-13(9)16/h3-5,8H,2,6-7H2,1H3/p+1. The highest BCUT2D eigenvalue weighted by atomic mass is 19.1. The molecule has 0 amide bonds. The number of carbonyl (C=O) groups is 1. The Morgan fingerprint density at radius 1 is 1.50 bits per heavy atom. The van der Waals surface area contributed by atoms with Crippen LogP contribution in [0.25, 0.3) is 11.3 Å². The summed E-state index contributed by atoms with van der Waals surface area (Å²) in [6.45, 7) is 2.76. The third kappa shape index (κ3) is 2.45. The Bertz CT molecular complexity index is 713. The van der Waals surface area contributed by atoms with Crippen LogP contribution in [-0.4, -0.2) is 35.9 Å². The van der Waals surface area contributed by atoms with Crippen molar-refractivity contribution in [3.63, 3.8) is 0 Å². The Hall–Kier alpha value is -2.35. The summed E-state index contributed by atoms with van der Waals surface area (Å²) >= 11 is 0. The molecule has 0 bridgehead atoms. The number of pyridine rings is 1. The van der Waals surface area contributed by atoms with Gasteiger partial charge in [-0.15, -0.1) is 4.68 Å². The lowest BCUT2D eigenvalue weighted by Gasteiger charge is -2.20. The summed E-state index contributed by atoms with van der Waals surface area (Å²) in [5, 5.41) is 2.90. The van der Waals surface area contributed by atoms with Gasteiger partial charge in [-0.2, -0.15) is 18.9 Å². The van der Waals surface area contributed by atoms with Crippen LogP contribution in [0.5, 0.6) is 0 Å². The molecule has 1 saturated heterocycles. The minimum absolute atomic E-state index is 0.0256. The van der Waals surface area contributed by atoms with Crippen molar-refractivity contribution >= 4 is 5.97 Å². The number of esters is 1. The Labute approximate surface area is 124 Å². The highest BCUT2D eigenvalue weighted by Crippen LogP contribution is 2.25. The van der Waals surface area contributed by atoms with Crippen molar-refractivity contribution in [3.8, 4) is 11.3 Å². The predicted molar refractivity (Wildman–Crippen MR) is 69.9 cm³/mol. The SMILES string of the molecule is CCOC(=O)c1c[nH][n+](C2COC2)c1-c1ccc(F)nc1F. The number of H-pyrrole nitrogens is 1. The summed E-state index contributed by atoms with van der Waals surface area (Å²) in [6, 6.07) is 2.24. The van der Waals surface area contributed by atoms with E-state index < -0.39 is 17.9 Å². The summed E-state index contributed by atoms with van der Waals surface area (Å²) in [5.74, 6) is -2.50. The number of aromatic nitrogens is 3. The van der Waals surface area contributed by atoms with Gasteiger partial charge < -0.3 is 9.47 Å². The molecule has 0 spiro atoms. The van der Waals surface area contributed by atoms with Crippen LogP contribution in [-0.2, 0) is 9.47 Å². The fourth-order valence-electron chi connectivity index (χ4n) is 2.29. The van der Waals surface area contributed by atoms with Crippen LogP contribution < -0.4 is 4.68 Å². The summed E-state index contributed by atoms with van der Waals surface area (Å²) in [4.78, 5) is 15.2. The Morgan fingerprint density at radius 2 is 2.27 bits per heavy atom. The minimum atomic E-state index is -0.987. The van der Waals surface area contributed by atoms with Gasteiger partial charge in [0.25, 0.3) is 5.69 Å². The first-order valence-electron chi connectivity index (χ1n) is 6.82. The predicted octanol–water partition coefficient (Wildman–Crippen LogP) is 1.39. The summed E-state index contributed by atoms with van der Waals surface area (Å²) in [7, 11) is 0. The van der Waals surface area contributed by atoms with Crippen molar-refractivity contribution in [3.05, 3.63) is 35.8 Å². The number of nitrogens with zero attached hydrogens (tertiary/aromatic N) is 2. The average molecular weight is 310 g/mol. The van der Waals surface area contributed by atoms with Gasteiger partial charge in [-0.25, -0.2) is 4.79 Å². The zero-order valence-corrected chi connectivity index (χ0v) is 11.8. The summed E-state index contributed by atoms with van der Waals surface area (Å²) in [6.07, 6.45) is 1.44. The van der Waals surface area contributed by atoms with E-state index in [1.807, 2.05) is 0 Å². The smallest absolute Gasteiger partial charge is 0.346 e. The van der Waals surface area contributed by atoms with E-state index in [1.54, 1.807) is 11.6 Å². The molecule has 1 N–H and O–H groups in total. The van der Waals surface area contributed by atoms with Crippen LogP contribution in [0.2, 0.25) is 0 Å². The molecule has 0 unspecified atom stereocenters. The van der Waals surface area contributed by atoms with Crippen molar-refractivity contribution in [2.45, 2.75) is 13.0 Å². The molecule has 0 aliphatic carbocycles. The van der Waals surface area contributed by atoms with Crippen LogP contribution in [0.4, 0.5) is 8.78 Å². The van der Waals surface area contributed by atoms with E-state index >= 15 is 0 Å². The number of carbonyl (C=O) groups excluding carboxylic acids is 1. The van der Waals surface area contributed by atoms with E-state index in [2.05, 4.69) is 10.1 Å². The maximum absolute atomic E-state index is 14.0. The molecule has 6 nitrogen and oxygen atoms in total. The average Bonchev–Trinajstić information content (AvgIpc) is 2.81. The second-order valence-electron chi connectivity index (χ2n) is 4.79. The normalized spacial score (nSPS) is 14.7. The van der Waals surface area contributed by atoms with Crippen molar-refractivity contribution < 1.29 is 27.7 Å². The fourth-order valence-corrected chi connectivity index (χ4v) is 2.29. The third-order valence-electron chi connectivity index (χ3n) is 3.39. The minimum Gasteiger partial charge on any atom is -0.462 e. The fraction of sp³-hybridized carbons (Fsp3) is 0.357. The van der Waals surface area contributed by atoms with Gasteiger partial charge in [0, 0.05) is 0 Å². The lowest BCUT2D eigenvalue weighted by Crippen LogP contribution is -2.53. The van der Waals surface area contributed by atoms with Crippen LogP contribution in [0.15, 0.2) is 18.3 Å². The van der Waals surface area contributed by atoms with Crippen LogP contribution >= 0.6 is 0 Å². The third-order valence-corrected chi connectivity index (χ3v) is 3.39. The molecule has 1 aliphatic rings. The van der Waals surface area contributed by atoms with Gasteiger partial charge in [0.2, 0.25) is 17.9 Å². The topological polar surface area (TPSA) is 68.1 Å². The zero-order chi connectivity index (χ0) is 15.7. The van der Waals surface area contributed by atoms with Gasteiger partial charge in [-0.1, -0.05) is 0 Å². The molecule has 8 heteroatoms. The first kappa shape index (κ1) is 14.6. The molecule has 2 aromatic heterocycles. The highest BCUT2D eigenvalue weighted by Gasteiger charge is 2.38. The number of halogens is 2. The summed E-state index contributed by atoms with van der Waals surface area (Å²) in [5.41, 5.74) is 0.468. The van der Waals surface area contributed by atoms with E-state index in [9.17, 15) is 13.6 Å². The van der Waals surface area contributed by atoms with E-state index in [-0.39, 0.29) is 29.5 Å². The monoisotopic (exact) mass is 310 g/mol. The maximum atomic E-state index is 14.0. The lowest BCUT2D eigenvalue weighted by molar-refractivity contribution is -0.780. The number of rotatable bonds is 4. The van der Waals surface area contributed by atoms with Crippen molar-refractivity contribution in [1.29, 1.82) is 0 Å². The highest BCUT2D eigenvalue weighted by molar-refractivity contribution is 5.95. The quantitative estimate of drug-likeness (QED) is 0.526.